The van der Waals surface area contributed by atoms with Gasteiger partial charge in [-0.25, -0.2) is 9.59 Å². The largest absolute Gasteiger partial charge is 0.505 e. The number of terminal acetylenes is 1. The molecule has 0 radical (unpaired) electrons. The number of benzene rings is 1. The number of aromatic hydroxyl groups is 1. The zero-order valence-electron chi connectivity index (χ0n) is 24.3. The molecule has 0 unspecified atom stereocenters. The normalized spacial score (nSPS) is 21.2. The first-order valence-corrected chi connectivity index (χ1v) is 13.1. The standard InChI is InChI=1S/C29H36N2O11/c1-8-14-38-31-28(36)41-24-22(34)27(42-29(5,6)25(24)37-7)39-18-13-12-17-21(33)20(26(35)40-23(17)16(18)4)30-19(32)11-9-10-15(2)3/h1,10,12-13,22,24-25,27,33-34H,9,11,14H2,2-7H3,(H,30,32)(H,31,36)/t22-,24-,25-,27-/m1/s1. The second-order valence-electron chi connectivity index (χ2n) is 10.4. The van der Waals surface area contributed by atoms with Crippen LogP contribution in [0.5, 0.6) is 11.5 Å². The lowest BCUT2D eigenvalue weighted by molar-refractivity contribution is -0.305. The molecule has 1 aromatic heterocycles. The van der Waals surface area contributed by atoms with E-state index in [9.17, 15) is 24.6 Å². The van der Waals surface area contributed by atoms with Crippen LogP contribution in [-0.2, 0) is 23.8 Å². The Morgan fingerprint density at radius 2 is 1.98 bits per heavy atom. The molecule has 1 aromatic carbocycles. The first kappa shape index (κ1) is 32.4. The van der Waals surface area contributed by atoms with Crippen LogP contribution in [0.2, 0.25) is 0 Å². The third-order valence-electron chi connectivity index (χ3n) is 6.51. The molecule has 0 spiro atoms. The fourth-order valence-corrected chi connectivity index (χ4v) is 4.52. The zero-order valence-corrected chi connectivity index (χ0v) is 24.3. The lowest BCUT2D eigenvalue weighted by Crippen LogP contribution is -2.65. The zero-order chi connectivity index (χ0) is 31.2. The molecule has 13 nitrogen and oxygen atoms in total. The molecular weight excluding hydrogens is 552 g/mol. The molecule has 42 heavy (non-hydrogen) atoms. The van der Waals surface area contributed by atoms with Gasteiger partial charge in [0, 0.05) is 19.1 Å². The van der Waals surface area contributed by atoms with Crippen LogP contribution in [0.1, 0.15) is 46.1 Å². The Balaban J connectivity index is 1.87. The summed E-state index contributed by atoms with van der Waals surface area (Å²) < 4.78 is 28.2. The van der Waals surface area contributed by atoms with Crippen LogP contribution in [-0.4, -0.2) is 66.1 Å². The van der Waals surface area contributed by atoms with Crippen molar-refractivity contribution >= 4 is 28.7 Å². The van der Waals surface area contributed by atoms with Crippen molar-refractivity contribution in [2.75, 3.05) is 19.0 Å². The minimum absolute atomic E-state index is 0.00490. The Morgan fingerprint density at radius 3 is 2.62 bits per heavy atom. The van der Waals surface area contributed by atoms with E-state index >= 15 is 0 Å². The van der Waals surface area contributed by atoms with Gasteiger partial charge in [-0.1, -0.05) is 17.6 Å². The van der Waals surface area contributed by atoms with Crippen molar-refractivity contribution in [3.05, 3.63) is 39.8 Å². The molecule has 1 fully saturated rings. The van der Waals surface area contributed by atoms with Gasteiger partial charge >= 0.3 is 11.7 Å². The lowest BCUT2D eigenvalue weighted by Gasteiger charge is -2.47. The minimum atomic E-state index is -1.54. The molecule has 1 aliphatic heterocycles. The monoisotopic (exact) mass is 588 g/mol. The SMILES string of the molecule is C#CCONC(=O)O[C@@H]1[C@@H](O)[C@H](Oc2ccc3c(O)c(NC(=O)CCC=C(C)C)c(=O)oc3c2C)OC(C)(C)[C@@H]1OC. The maximum Gasteiger partial charge on any atom is 0.431 e. The van der Waals surface area contributed by atoms with Crippen molar-refractivity contribution in [3.8, 4) is 23.8 Å². The van der Waals surface area contributed by atoms with Crippen LogP contribution in [0.15, 0.2) is 33.0 Å². The maximum absolute atomic E-state index is 12.7. The van der Waals surface area contributed by atoms with Gasteiger partial charge in [0.05, 0.1) is 11.0 Å². The smallest absolute Gasteiger partial charge is 0.431 e. The molecule has 2 aromatic rings. The molecule has 1 aliphatic rings. The second-order valence-corrected chi connectivity index (χ2v) is 10.4. The number of hydrogen-bond acceptors (Lipinski definition) is 11. The first-order valence-electron chi connectivity index (χ1n) is 13.1. The number of fused-ring (bicyclic) bond motifs is 1. The maximum atomic E-state index is 12.7. The van der Waals surface area contributed by atoms with Crippen molar-refractivity contribution in [2.45, 2.75) is 77.7 Å². The van der Waals surface area contributed by atoms with Gasteiger partial charge in [0.15, 0.2) is 23.6 Å². The fraction of sp³-hybridized carbons (Fsp3) is 0.483. The van der Waals surface area contributed by atoms with Gasteiger partial charge in [-0.3, -0.25) is 9.63 Å². The van der Waals surface area contributed by atoms with E-state index in [0.29, 0.717) is 12.0 Å². The van der Waals surface area contributed by atoms with E-state index in [2.05, 4.69) is 11.2 Å². The predicted octanol–water partition coefficient (Wildman–Crippen LogP) is 3.04. The number of aliphatic hydroxyl groups excluding tert-OH is 1. The van der Waals surface area contributed by atoms with Gasteiger partial charge in [0.1, 0.15) is 24.0 Å². The number of anilines is 1. The summed E-state index contributed by atoms with van der Waals surface area (Å²) in [5, 5.41) is 24.5. The molecule has 2 amide bonds. The highest BCUT2D eigenvalue weighted by Gasteiger charge is 2.53. The van der Waals surface area contributed by atoms with Crippen LogP contribution in [0.25, 0.3) is 11.0 Å². The van der Waals surface area contributed by atoms with Crippen molar-refractivity contribution in [1.82, 2.24) is 5.48 Å². The fourth-order valence-electron chi connectivity index (χ4n) is 4.52. The topological polar surface area (TPSA) is 175 Å². The number of hydrogen-bond donors (Lipinski definition) is 4. The molecule has 0 aliphatic carbocycles. The van der Waals surface area contributed by atoms with Gasteiger partial charge < -0.3 is 38.9 Å². The van der Waals surface area contributed by atoms with E-state index in [-0.39, 0.29) is 35.4 Å². The Bertz CT molecular complexity index is 1440. The summed E-state index contributed by atoms with van der Waals surface area (Å²) in [6.07, 6.45) is 1.46. The Kier molecular flexibility index (Phi) is 10.6. The van der Waals surface area contributed by atoms with Crippen LogP contribution < -0.4 is 21.2 Å². The number of hydroxylamine groups is 1. The van der Waals surface area contributed by atoms with E-state index in [4.69, 9.17) is 34.6 Å². The summed E-state index contributed by atoms with van der Waals surface area (Å²) in [6.45, 7) is 8.50. The molecule has 13 heteroatoms. The summed E-state index contributed by atoms with van der Waals surface area (Å²) in [4.78, 5) is 42.0. The number of rotatable bonds is 10. The summed E-state index contributed by atoms with van der Waals surface area (Å²) >= 11 is 0. The predicted molar refractivity (Wildman–Crippen MR) is 151 cm³/mol. The van der Waals surface area contributed by atoms with Crippen molar-refractivity contribution in [2.24, 2.45) is 0 Å². The molecule has 2 heterocycles. The number of carbonyl (C=O) groups excluding carboxylic acids is 2. The van der Waals surface area contributed by atoms with Gasteiger partial charge in [-0.05, 0) is 53.2 Å². The molecule has 1 saturated heterocycles. The quantitative estimate of drug-likeness (QED) is 0.106. The van der Waals surface area contributed by atoms with E-state index in [1.807, 2.05) is 25.4 Å². The van der Waals surface area contributed by atoms with Crippen LogP contribution in [0, 0.1) is 19.3 Å². The average Bonchev–Trinajstić information content (AvgIpc) is 2.91. The van der Waals surface area contributed by atoms with Crippen molar-refractivity contribution in [3.63, 3.8) is 0 Å². The Hall–Kier alpha value is -4.09. The van der Waals surface area contributed by atoms with Crippen LogP contribution in [0.4, 0.5) is 10.5 Å². The summed E-state index contributed by atoms with van der Waals surface area (Å²) in [5.41, 5.74) is 0.907. The molecule has 228 valence electrons. The Morgan fingerprint density at radius 1 is 1.26 bits per heavy atom. The molecule has 3 rings (SSSR count). The number of aliphatic hydroxyl groups is 1. The molecule has 4 atom stereocenters. The third-order valence-corrected chi connectivity index (χ3v) is 6.51. The molecule has 0 bridgehead atoms. The minimum Gasteiger partial charge on any atom is -0.505 e. The van der Waals surface area contributed by atoms with E-state index in [0.717, 1.165) is 5.57 Å². The first-order chi connectivity index (χ1) is 19.8. The number of allylic oxidation sites excluding steroid dienone is 2. The van der Waals surface area contributed by atoms with Crippen LogP contribution >= 0.6 is 0 Å². The molecular formula is C29H36N2O11. The molecule has 0 saturated carbocycles. The summed E-state index contributed by atoms with van der Waals surface area (Å²) in [7, 11) is 1.37. The highest BCUT2D eigenvalue weighted by atomic mass is 16.7. The van der Waals surface area contributed by atoms with Gasteiger partial charge in [-0.2, -0.15) is 5.48 Å². The number of methoxy groups -OCH3 is 1. The van der Waals surface area contributed by atoms with Crippen molar-refractivity contribution in [1.29, 1.82) is 0 Å². The number of amides is 2. The van der Waals surface area contributed by atoms with Gasteiger partial charge in [0.2, 0.25) is 12.2 Å². The second kappa shape index (κ2) is 13.7. The van der Waals surface area contributed by atoms with E-state index in [1.54, 1.807) is 20.8 Å². The van der Waals surface area contributed by atoms with E-state index in [1.165, 1.54) is 19.2 Å². The summed E-state index contributed by atoms with van der Waals surface area (Å²) in [6, 6.07) is 2.90. The Labute approximate surface area is 242 Å². The number of aryl methyl sites for hydroxylation is 1. The number of ether oxygens (including phenoxy) is 4. The number of carbonyl (C=O) groups is 2. The highest BCUT2D eigenvalue weighted by molar-refractivity contribution is 5.97. The van der Waals surface area contributed by atoms with Crippen LogP contribution in [0.3, 0.4) is 0 Å². The van der Waals surface area contributed by atoms with Crippen molar-refractivity contribution < 1.29 is 48.0 Å². The van der Waals surface area contributed by atoms with Gasteiger partial charge in [-0.15, -0.1) is 6.42 Å². The number of nitrogens with one attached hydrogen (secondary N) is 2. The summed E-state index contributed by atoms with van der Waals surface area (Å²) in [5.74, 6) is 1.40. The third kappa shape index (κ3) is 7.40. The van der Waals surface area contributed by atoms with Gasteiger partial charge in [0.25, 0.3) is 0 Å². The molecule has 4 N–H and O–H groups in total. The lowest BCUT2D eigenvalue weighted by atomic mass is 9.89. The highest BCUT2D eigenvalue weighted by Crippen LogP contribution is 2.38. The average molecular weight is 589 g/mol. The van der Waals surface area contributed by atoms with E-state index < -0.39 is 53.6 Å².